The minimum atomic E-state index is -0.696. The van der Waals surface area contributed by atoms with Gasteiger partial charge in [-0.3, -0.25) is 0 Å². The Bertz CT molecular complexity index is 773. The number of nitrogens with zero attached hydrogens (tertiary/aromatic N) is 3. The molecule has 8 nitrogen and oxygen atoms in total. The zero-order valence-electron chi connectivity index (χ0n) is 13.1. The molecule has 4 rings (SSSR count). The van der Waals surface area contributed by atoms with Crippen molar-refractivity contribution in [1.82, 2.24) is 20.0 Å². The summed E-state index contributed by atoms with van der Waals surface area (Å²) < 4.78 is 19.4. The summed E-state index contributed by atoms with van der Waals surface area (Å²) in [6, 6.07) is 4.14. The minimum absolute atomic E-state index is 0. The van der Waals surface area contributed by atoms with Gasteiger partial charge in [-0.25, -0.2) is 10.3 Å². The maximum atomic E-state index is 12.3. The molecule has 2 aliphatic heterocycles. The Morgan fingerprint density at radius 2 is 2.09 bits per heavy atom. The van der Waals surface area contributed by atoms with Crippen molar-refractivity contribution in [1.29, 1.82) is 0 Å². The van der Waals surface area contributed by atoms with Gasteiger partial charge in [-0.1, -0.05) is 6.92 Å². The predicted molar refractivity (Wildman–Crippen MR) is 75.0 cm³/mol. The van der Waals surface area contributed by atoms with Crippen LogP contribution in [-0.4, -0.2) is 44.1 Å². The standard InChI is InChI=1S/C14H17N4O4.Y/c1-4-8-10-11(22-14(2,3)21-10)13(20-8)18-9(19)6-5-7-12(18)16-17-15-7;/h6,8,10-11,13H,4H2,1-3H3,(H,15,16,17);/q-1;/t8-,10+,11?,13-;/m1./s1. The Labute approximate surface area is 157 Å². The molecule has 2 fully saturated rings. The van der Waals surface area contributed by atoms with Gasteiger partial charge in [-0.2, -0.15) is 5.10 Å². The van der Waals surface area contributed by atoms with Crippen LogP contribution in [0.25, 0.3) is 11.2 Å². The van der Waals surface area contributed by atoms with Crippen LogP contribution in [0, 0.1) is 6.07 Å². The molecule has 0 amide bonds. The number of H-pyrrole nitrogens is 1. The van der Waals surface area contributed by atoms with Gasteiger partial charge in [0.05, 0.1) is 11.8 Å². The van der Waals surface area contributed by atoms with E-state index in [0.29, 0.717) is 11.2 Å². The third-order valence-electron chi connectivity index (χ3n) is 4.11. The van der Waals surface area contributed by atoms with Gasteiger partial charge in [-0.15, -0.1) is 12.1 Å². The van der Waals surface area contributed by atoms with Crippen molar-refractivity contribution in [2.24, 2.45) is 0 Å². The van der Waals surface area contributed by atoms with E-state index in [9.17, 15) is 4.79 Å². The van der Waals surface area contributed by atoms with Crippen LogP contribution >= 0.6 is 0 Å². The molecule has 2 aromatic rings. The summed E-state index contributed by atoms with van der Waals surface area (Å²) in [7, 11) is 0. The Morgan fingerprint density at radius 3 is 2.83 bits per heavy atom. The first-order chi connectivity index (χ1) is 10.5. The molecule has 9 heteroatoms. The molecule has 0 saturated carbocycles. The molecule has 1 N–H and O–H groups in total. The third-order valence-corrected chi connectivity index (χ3v) is 4.11. The summed E-state index contributed by atoms with van der Waals surface area (Å²) in [5.74, 6) is -0.696. The number of pyridine rings is 1. The quantitative estimate of drug-likeness (QED) is 0.756. The number of nitrogens with one attached hydrogen (secondary N) is 1. The first kappa shape index (κ1) is 17.2. The summed E-state index contributed by atoms with van der Waals surface area (Å²) in [6.07, 6.45) is -0.517. The fraction of sp³-hybridized carbons (Fsp3) is 0.643. The van der Waals surface area contributed by atoms with Crippen molar-refractivity contribution in [3.8, 4) is 0 Å². The number of aromatic nitrogens is 4. The maximum Gasteiger partial charge on any atom is 0.164 e. The molecule has 0 bridgehead atoms. The SMILES string of the molecule is CC[C@H]1O[C@@H](n2c(=O)c[c-]c3n[nH]nc32)C2OC(C)(C)O[C@H]21.[Y]. The smallest absolute Gasteiger partial charge is 0.164 e. The number of hydrogen-bond donors (Lipinski definition) is 1. The Morgan fingerprint density at radius 1 is 1.35 bits per heavy atom. The van der Waals surface area contributed by atoms with Crippen LogP contribution in [0.5, 0.6) is 0 Å². The van der Waals surface area contributed by atoms with E-state index in [1.807, 2.05) is 20.8 Å². The van der Waals surface area contributed by atoms with Gasteiger partial charge in [0, 0.05) is 38.2 Å². The molecule has 2 aliphatic rings. The van der Waals surface area contributed by atoms with Gasteiger partial charge in [0.25, 0.3) is 0 Å². The van der Waals surface area contributed by atoms with E-state index >= 15 is 0 Å². The predicted octanol–water partition coefficient (Wildman–Crippen LogP) is 0.745. The average Bonchev–Trinajstić information content (AvgIpc) is 3.12. The van der Waals surface area contributed by atoms with E-state index in [1.165, 1.54) is 10.6 Å². The van der Waals surface area contributed by atoms with Crippen LogP contribution < -0.4 is 5.56 Å². The molecule has 4 atom stereocenters. The van der Waals surface area contributed by atoms with Gasteiger partial charge in [0.2, 0.25) is 0 Å². The molecular weight excluding hydrogens is 377 g/mol. The Hall–Kier alpha value is -0.666. The molecule has 0 aromatic carbocycles. The van der Waals surface area contributed by atoms with Crippen LogP contribution in [0.15, 0.2) is 10.9 Å². The summed E-state index contributed by atoms with van der Waals surface area (Å²) >= 11 is 0. The zero-order valence-corrected chi connectivity index (χ0v) is 16.0. The molecule has 1 unspecified atom stereocenters. The molecule has 2 aromatic heterocycles. The number of fused-ring (bicyclic) bond motifs is 2. The molecule has 1 radical (unpaired) electrons. The van der Waals surface area contributed by atoms with Gasteiger partial charge in [0.15, 0.2) is 5.79 Å². The van der Waals surface area contributed by atoms with Crippen molar-refractivity contribution < 1.29 is 46.9 Å². The van der Waals surface area contributed by atoms with Crippen molar-refractivity contribution in [3.05, 3.63) is 22.5 Å². The molecular formula is C14H17N4O4Y-. The van der Waals surface area contributed by atoms with Gasteiger partial charge < -0.3 is 23.6 Å². The number of rotatable bonds is 2. The normalized spacial score (nSPS) is 32.0. The summed E-state index contributed by atoms with van der Waals surface area (Å²) in [4.78, 5) is 12.3. The number of aromatic amines is 1. The molecule has 121 valence electrons. The van der Waals surface area contributed by atoms with Crippen molar-refractivity contribution >= 4 is 11.2 Å². The molecule has 0 spiro atoms. The topological polar surface area (TPSA) is 91.3 Å². The number of hydrogen-bond acceptors (Lipinski definition) is 6. The molecule has 2 saturated heterocycles. The minimum Gasteiger partial charge on any atom is -0.370 e. The molecule has 0 aliphatic carbocycles. The molecule has 23 heavy (non-hydrogen) atoms. The van der Waals surface area contributed by atoms with E-state index in [1.54, 1.807) is 0 Å². The van der Waals surface area contributed by atoms with Crippen LogP contribution in [0.1, 0.15) is 33.4 Å². The van der Waals surface area contributed by atoms with Crippen molar-refractivity contribution in [3.63, 3.8) is 0 Å². The second kappa shape index (κ2) is 6.00. The molecule has 4 heterocycles. The first-order valence-corrected chi connectivity index (χ1v) is 7.35. The van der Waals surface area contributed by atoms with Gasteiger partial charge in [-0.05, 0) is 20.3 Å². The largest absolute Gasteiger partial charge is 0.370 e. The summed E-state index contributed by atoms with van der Waals surface area (Å²) in [6.45, 7) is 5.75. The van der Waals surface area contributed by atoms with E-state index < -0.39 is 12.0 Å². The Balaban J connectivity index is 0.00000156. The van der Waals surface area contributed by atoms with Crippen molar-refractivity contribution in [2.75, 3.05) is 0 Å². The maximum absolute atomic E-state index is 12.3. The van der Waals surface area contributed by atoms with Crippen LogP contribution in [0.2, 0.25) is 0 Å². The first-order valence-electron chi connectivity index (χ1n) is 7.35. The van der Waals surface area contributed by atoms with Gasteiger partial charge >= 0.3 is 0 Å². The fourth-order valence-electron chi connectivity index (χ4n) is 3.24. The zero-order chi connectivity index (χ0) is 15.5. The van der Waals surface area contributed by atoms with E-state index in [2.05, 4.69) is 21.5 Å². The van der Waals surface area contributed by atoms with E-state index in [4.69, 9.17) is 14.2 Å². The third kappa shape index (κ3) is 2.70. The van der Waals surface area contributed by atoms with E-state index in [0.717, 1.165) is 6.42 Å². The number of ether oxygens (including phenoxy) is 3. The van der Waals surface area contributed by atoms with Gasteiger partial charge in [0.1, 0.15) is 24.0 Å². The van der Waals surface area contributed by atoms with Crippen molar-refractivity contribution in [2.45, 2.75) is 57.5 Å². The monoisotopic (exact) mass is 394 g/mol. The van der Waals surface area contributed by atoms with Crippen LogP contribution in [0.3, 0.4) is 0 Å². The van der Waals surface area contributed by atoms with Crippen LogP contribution in [0.4, 0.5) is 0 Å². The summed E-state index contributed by atoms with van der Waals surface area (Å²) in [5.41, 5.74) is 0.634. The fourth-order valence-corrected chi connectivity index (χ4v) is 3.24. The summed E-state index contributed by atoms with van der Waals surface area (Å²) in [5, 5.41) is 10.5. The Kier molecular flexibility index (Phi) is 4.48. The second-order valence-electron chi connectivity index (χ2n) is 6.03. The second-order valence-corrected chi connectivity index (χ2v) is 6.03. The van der Waals surface area contributed by atoms with Crippen LogP contribution in [-0.2, 0) is 46.9 Å². The van der Waals surface area contributed by atoms with E-state index in [-0.39, 0.29) is 56.6 Å². The average molecular weight is 394 g/mol.